The van der Waals surface area contributed by atoms with Crippen molar-refractivity contribution in [1.82, 2.24) is 5.32 Å². The number of carbonyl (C=O) groups excluding carboxylic acids is 1. The molecule has 0 saturated carbocycles. The molecule has 1 aromatic carbocycles. The second kappa shape index (κ2) is 5.94. The maximum Gasteiger partial charge on any atom is 0.335 e. The molecule has 5 heteroatoms. The maximum atomic E-state index is 11.9. The molecule has 0 heterocycles. The summed E-state index contributed by atoms with van der Waals surface area (Å²) in [6.07, 6.45) is 0. The summed E-state index contributed by atoms with van der Waals surface area (Å²) in [5, 5.41) is 14.5. The Labute approximate surface area is 119 Å². The van der Waals surface area contributed by atoms with Crippen LogP contribution in [-0.2, 0) is 0 Å². The smallest absolute Gasteiger partial charge is 0.335 e. The van der Waals surface area contributed by atoms with Crippen molar-refractivity contribution in [1.29, 1.82) is 0 Å². The molecule has 0 aromatic heterocycles. The first kappa shape index (κ1) is 16.0. The standard InChI is InChI=1S/C15H22N2O3/c1-9-8-11(6-7-12(9)13(18)19)17-14(20)16-10(2)15(3,4)5/h6-8,10H,1-5H3,(H,18,19)(H2,16,17,20). The number of carboxylic acids is 1. The molecule has 0 aliphatic rings. The lowest BCUT2D eigenvalue weighted by Gasteiger charge is -2.28. The first-order valence-electron chi connectivity index (χ1n) is 6.52. The van der Waals surface area contributed by atoms with E-state index >= 15 is 0 Å². The highest BCUT2D eigenvalue weighted by molar-refractivity contribution is 5.92. The summed E-state index contributed by atoms with van der Waals surface area (Å²) in [6, 6.07) is 4.43. The molecule has 1 aromatic rings. The molecular weight excluding hydrogens is 256 g/mol. The minimum absolute atomic E-state index is 0.0156. The molecule has 0 fully saturated rings. The van der Waals surface area contributed by atoms with Crippen LogP contribution in [0.2, 0.25) is 0 Å². The summed E-state index contributed by atoms with van der Waals surface area (Å²) in [4.78, 5) is 22.8. The zero-order valence-electron chi connectivity index (χ0n) is 12.6. The molecule has 2 amide bonds. The molecule has 0 aliphatic carbocycles. The Morgan fingerprint density at radius 1 is 1.25 bits per heavy atom. The summed E-state index contributed by atoms with van der Waals surface area (Å²) < 4.78 is 0. The quantitative estimate of drug-likeness (QED) is 0.794. The van der Waals surface area contributed by atoms with Gasteiger partial charge >= 0.3 is 12.0 Å². The van der Waals surface area contributed by atoms with Gasteiger partial charge < -0.3 is 15.7 Å². The fraction of sp³-hybridized carbons (Fsp3) is 0.467. The van der Waals surface area contributed by atoms with E-state index in [9.17, 15) is 9.59 Å². The largest absolute Gasteiger partial charge is 0.478 e. The van der Waals surface area contributed by atoms with Gasteiger partial charge in [0, 0.05) is 11.7 Å². The molecule has 0 bridgehead atoms. The number of carboxylic acid groups (broad SMARTS) is 1. The van der Waals surface area contributed by atoms with Crippen LogP contribution in [0.4, 0.5) is 10.5 Å². The van der Waals surface area contributed by atoms with E-state index in [1.165, 1.54) is 6.07 Å². The lowest BCUT2D eigenvalue weighted by Crippen LogP contribution is -2.43. The highest BCUT2D eigenvalue weighted by Gasteiger charge is 2.21. The number of aromatic carboxylic acids is 1. The summed E-state index contributed by atoms with van der Waals surface area (Å²) >= 11 is 0. The minimum atomic E-state index is -0.972. The van der Waals surface area contributed by atoms with Crippen LogP contribution in [0.25, 0.3) is 0 Å². The lowest BCUT2D eigenvalue weighted by molar-refractivity contribution is 0.0696. The first-order chi connectivity index (χ1) is 9.11. The third kappa shape index (κ3) is 4.26. The Morgan fingerprint density at radius 3 is 2.30 bits per heavy atom. The summed E-state index contributed by atoms with van der Waals surface area (Å²) in [5.74, 6) is -0.972. The van der Waals surface area contributed by atoms with Gasteiger partial charge in [0.2, 0.25) is 0 Å². The summed E-state index contributed by atoms with van der Waals surface area (Å²) in [7, 11) is 0. The number of rotatable bonds is 3. The number of aryl methyl sites for hydroxylation is 1. The van der Waals surface area contributed by atoms with Gasteiger partial charge in [0.25, 0.3) is 0 Å². The second-order valence-corrected chi connectivity index (χ2v) is 6.02. The zero-order chi connectivity index (χ0) is 15.5. The molecule has 1 atom stereocenters. The van der Waals surface area contributed by atoms with Gasteiger partial charge in [-0.2, -0.15) is 0 Å². The number of amides is 2. The van der Waals surface area contributed by atoms with Crippen molar-refractivity contribution in [3.63, 3.8) is 0 Å². The van der Waals surface area contributed by atoms with Crippen molar-refractivity contribution in [2.24, 2.45) is 5.41 Å². The van der Waals surface area contributed by atoms with E-state index in [0.717, 1.165) is 0 Å². The van der Waals surface area contributed by atoms with E-state index in [1.54, 1.807) is 19.1 Å². The van der Waals surface area contributed by atoms with Gasteiger partial charge in [-0.3, -0.25) is 0 Å². The molecule has 0 saturated heterocycles. The summed E-state index contributed by atoms with van der Waals surface area (Å²) in [6.45, 7) is 9.78. The average molecular weight is 278 g/mol. The fourth-order valence-corrected chi connectivity index (χ4v) is 1.56. The topological polar surface area (TPSA) is 78.4 Å². The molecule has 110 valence electrons. The number of urea groups is 1. The monoisotopic (exact) mass is 278 g/mol. The van der Waals surface area contributed by atoms with E-state index < -0.39 is 5.97 Å². The number of benzene rings is 1. The molecule has 3 N–H and O–H groups in total. The molecular formula is C15H22N2O3. The van der Waals surface area contributed by atoms with E-state index in [-0.39, 0.29) is 23.1 Å². The zero-order valence-corrected chi connectivity index (χ0v) is 12.6. The normalized spacial score (nSPS) is 12.7. The van der Waals surface area contributed by atoms with Crippen LogP contribution in [0.3, 0.4) is 0 Å². The van der Waals surface area contributed by atoms with Gasteiger partial charge in [-0.25, -0.2) is 9.59 Å². The molecule has 0 radical (unpaired) electrons. The van der Waals surface area contributed by atoms with Gasteiger partial charge in [-0.05, 0) is 43.0 Å². The predicted octanol–water partition coefficient (Wildman–Crippen LogP) is 3.25. The van der Waals surface area contributed by atoms with Crippen molar-refractivity contribution < 1.29 is 14.7 Å². The Bertz CT molecular complexity index is 518. The molecule has 5 nitrogen and oxygen atoms in total. The highest BCUT2D eigenvalue weighted by Crippen LogP contribution is 2.19. The predicted molar refractivity (Wildman–Crippen MR) is 79.2 cm³/mol. The number of nitrogens with one attached hydrogen (secondary N) is 2. The van der Waals surface area contributed by atoms with Crippen LogP contribution in [0.1, 0.15) is 43.6 Å². The number of carbonyl (C=O) groups is 2. The first-order valence-corrected chi connectivity index (χ1v) is 6.52. The van der Waals surface area contributed by atoms with Crippen molar-refractivity contribution >= 4 is 17.7 Å². The van der Waals surface area contributed by atoms with E-state index in [0.29, 0.717) is 11.3 Å². The van der Waals surface area contributed by atoms with Gasteiger partial charge in [0.1, 0.15) is 0 Å². The third-order valence-corrected chi connectivity index (χ3v) is 3.36. The van der Waals surface area contributed by atoms with Crippen LogP contribution in [0, 0.1) is 12.3 Å². The van der Waals surface area contributed by atoms with Crippen molar-refractivity contribution in [3.05, 3.63) is 29.3 Å². The van der Waals surface area contributed by atoms with Gasteiger partial charge in [0.15, 0.2) is 0 Å². The van der Waals surface area contributed by atoms with Crippen LogP contribution >= 0.6 is 0 Å². The Kier molecular flexibility index (Phi) is 4.76. The van der Waals surface area contributed by atoms with Crippen molar-refractivity contribution in [3.8, 4) is 0 Å². The maximum absolute atomic E-state index is 11.9. The lowest BCUT2D eigenvalue weighted by atomic mass is 9.88. The SMILES string of the molecule is Cc1cc(NC(=O)NC(C)C(C)(C)C)ccc1C(=O)O. The van der Waals surface area contributed by atoms with Crippen LogP contribution in [0.15, 0.2) is 18.2 Å². The fourth-order valence-electron chi connectivity index (χ4n) is 1.56. The van der Waals surface area contributed by atoms with Crippen LogP contribution in [-0.4, -0.2) is 23.1 Å². The van der Waals surface area contributed by atoms with Gasteiger partial charge in [0.05, 0.1) is 5.56 Å². The molecule has 0 aliphatic heterocycles. The highest BCUT2D eigenvalue weighted by atomic mass is 16.4. The third-order valence-electron chi connectivity index (χ3n) is 3.36. The molecule has 20 heavy (non-hydrogen) atoms. The van der Waals surface area contributed by atoms with Crippen molar-refractivity contribution in [2.45, 2.75) is 40.7 Å². The van der Waals surface area contributed by atoms with Gasteiger partial charge in [-0.1, -0.05) is 20.8 Å². The summed E-state index contributed by atoms with van der Waals surface area (Å²) in [5.41, 5.74) is 1.39. The van der Waals surface area contributed by atoms with E-state index in [2.05, 4.69) is 10.6 Å². The van der Waals surface area contributed by atoms with Crippen LogP contribution < -0.4 is 10.6 Å². The second-order valence-electron chi connectivity index (χ2n) is 6.02. The average Bonchev–Trinajstić information content (AvgIpc) is 2.26. The number of hydrogen-bond acceptors (Lipinski definition) is 2. The van der Waals surface area contributed by atoms with Crippen molar-refractivity contribution in [2.75, 3.05) is 5.32 Å². The minimum Gasteiger partial charge on any atom is -0.478 e. The Hall–Kier alpha value is -2.04. The van der Waals surface area contributed by atoms with Gasteiger partial charge in [-0.15, -0.1) is 0 Å². The number of anilines is 1. The van der Waals surface area contributed by atoms with Crippen LogP contribution in [0.5, 0.6) is 0 Å². The Morgan fingerprint density at radius 2 is 1.85 bits per heavy atom. The molecule has 1 rings (SSSR count). The number of hydrogen-bond donors (Lipinski definition) is 3. The van der Waals surface area contributed by atoms with E-state index in [1.807, 2.05) is 27.7 Å². The van der Waals surface area contributed by atoms with E-state index in [4.69, 9.17) is 5.11 Å². The molecule has 1 unspecified atom stereocenters. The Balaban J connectivity index is 2.72. The molecule has 0 spiro atoms.